The van der Waals surface area contributed by atoms with Crippen LogP contribution >= 0.6 is 0 Å². The van der Waals surface area contributed by atoms with Gasteiger partial charge >= 0.3 is 0 Å². The Morgan fingerprint density at radius 2 is 1.94 bits per heavy atom. The van der Waals surface area contributed by atoms with Gasteiger partial charge in [-0.15, -0.1) is 0 Å². The van der Waals surface area contributed by atoms with Gasteiger partial charge in [0, 0.05) is 12.6 Å². The molecule has 1 rings (SSSR count). The van der Waals surface area contributed by atoms with E-state index in [0.717, 1.165) is 6.07 Å². The van der Waals surface area contributed by atoms with Crippen molar-refractivity contribution < 1.29 is 13.9 Å². The highest BCUT2D eigenvalue weighted by molar-refractivity contribution is 5.21. The Kier molecular flexibility index (Phi) is 4.83. The fraction of sp³-hybridized carbons (Fsp3) is 0.500. The Balaban J connectivity index is 2.88. The molecule has 1 aromatic carbocycles. The van der Waals surface area contributed by atoms with Crippen LogP contribution in [0.4, 0.5) is 8.78 Å². The molecule has 0 radical (unpaired) electrons. The normalized spacial score (nSPS) is 13.1. The molecule has 0 amide bonds. The molecule has 0 heterocycles. The molecule has 0 aliphatic heterocycles. The molecule has 0 aliphatic carbocycles. The van der Waals surface area contributed by atoms with E-state index in [0.29, 0.717) is 12.1 Å². The lowest BCUT2D eigenvalue weighted by Crippen LogP contribution is -2.28. The molecule has 16 heavy (non-hydrogen) atoms. The van der Waals surface area contributed by atoms with Gasteiger partial charge in [-0.05, 0) is 23.6 Å². The highest BCUT2D eigenvalue weighted by atomic mass is 19.2. The minimum Gasteiger partial charge on any atom is -0.395 e. The Morgan fingerprint density at radius 1 is 1.25 bits per heavy atom. The zero-order valence-electron chi connectivity index (χ0n) is 9.50. The Bertz CT molecular complexity index is 342. The molecule has 1 unspecified atom stereocenters. The van der Waals surface area contributed by atoms with Gasteiger partial charge in [0.05, 0.1) is 6.61 Å². The van der Waals surface area contributed by atoms with Crippen LogP contribution in [-0.4, -0.2) is 18.3 Å². The van der Waals surface area contributed by atoms with Gasteiger partial charge in [-0.3, -0.25) is 0 Å². The fourth-order valence-corrected chi connectivity index (χ4v) is 1.66. The van der Waals surface area contributed by atoms with Gasteiger partial charge in [-0.1, -0.05) is 19.9 Å². The van der Waals surface area contributed by atoms with Gasteiger partial charge in [0.25, 0.3) is 0 Å². The predicted molar refractivity (Wildman–Crippen MR) is 59.0 cm³/mol. The van der Waals surface area contributed by atoms with Crippen molar-refractivity contribution in [2.75, 3.05) is 13.2 Å². The van der Waals surface area contributed by atoms with E-state index in [9.17, 15) is 8.78 Å². The van der Waals surface area contributed by atoms with Gasteiger partial charge in [0.2, 0.25) is 0 Å². The second-order valence-electron chi connectivity index (χ2n) is 4.07. The van der Waals surface area contributed by atoms with Crippen LogP contribution in [0.5, 0.6) is 0 Å². The summed E-state index contributed by atoms with van der Waals surface area (Å²) in [5.41, 5.74) is 0.697. The first-order valence-corrected chi connectivity index (χ1v) is 5.35. The zero-order chi connectivity index (χ0) is 12.1. The molecular weight excluding hydrogens is 212 g/mol. The molecule has 4 heteroatoms. The lowest BCUT2D eigenvalue weighted by Gasteiger charge is -2.22. The van der Waals surface area contributed by atoms with Crippen molar-refractivity contribution in [3.05, 3.63) is 35.4 Å². The third-order valence-corrected chi connectivity index (χ3v) is 2.45. The maximum absolute atomic E-state index is 13.1. The number of aliphatic hydroxyl groups is 1. The summed E-state index contributed by atoms with van der Waals surface area (Å²) in [6.07, 6.45) is 0. The largest absolute Gasteiger partial charge is 0.395 e. The molecule has 1 atom stereocenters. The number of halogens is 2. The van der Waals surface area contributed by atoms with E-state index >= 15 is 0 Å². The summed E-state index contributed by atoms with van der Waals surface area (Å²) in [5.74, 6) is -1.45. The number of hydrogen-bond acceptors (Lipinski definition) is 2. The average molecular weight is 229 g/mol. The van der Waals surface area contributed by atoms with E-state index < -0.39 is 11.6 Å². The second-order valence-corrected chi connectivity index (χ2v) is 4.07. The van der Waals surface area contributed by atoms with E-state index in [1.165, 1.54) is 6.07 Å². The molecule has 0 aromatic heterocycles. The summed E-state index contributed by atoms with van der Waals surface area (Å²) in [6, 6.07) is 3.81. The number of nitrogens with one attached hydrogen (secondary N) is 1. The first-order valence-electron chi connectivity index (χ1n) is 5.35. The van der Waals surface area contributed by atoms with Crippen LogP contribution in [0.25, 0.3) is 0 Å². The van der Waals surface area contributed by atoms with E-state index in [4.69, 9.17) is 5.11 Å². The molecule has 2 N–H and O–H groups in total. The van der Waals surface area contributed by atoms with Crippen molar-refractivity contribution >= 4 is 0 Å². The highest BCUT2D eigenvalue weighted by Crippen LogP contribution is 2.22. The maximum atomic E-state index is 13.1. The summed E-state index contributed by atoms with van der Waals surface area (Å²) < 4.78 is 25.9. The van der Waals surface area contributed by atoms with Gasteiger partial charge in [-0.25, -0.2) is 8.78 Å². The van der Waals surface area contributed by atoms with Gasteiger partial charge in [0.1, 0.15) is 0 Å². The monoisotopic (exact) mass is 229 g/mol. The first kappa shape index (κ1) is 13.1. The minimum atomic E-state index is -0.839. The quantitative estimate of drug-likeness (QED) is 0.811. The van der Waals surface area contributed by atoms with Crippen LogP contribution in [0.1, 0.15) is 25.5 Å². The maximum Gasteiger partial charge on any atom is 0.159 e. The first-order chi connectivity index (χ1) is 7.56. The predicted octanol–water partition coefficient (Wildman–Crippen LogP) is 2.24. The fourth-order valence-electron chi connectivity index (χ4n) is 1.66. The van der Waals surface area contributed by atoms with Crippen LogP contribution in [0.15, 0.2) is 18.2 Å². The van der Waals surface area contributed by atoms with E-state index in [1.807, 2.05) is 13.8 Å². The topological polar surface area (TPSA) is 32.3 Å². The Labute approximate surface area is 94.3 Å². The van der Waals surface area contributed by atoms with E-state index in [2.05, 4.69) is 5.32 Å². The van der Waals surface area contributed by atoms with Crippen molar-refractivity contribution in [3.8, 4) is 0 Å². The lowest BCUT2D eigenvalue weighted by atomic mass is 9.96. The summed E-state index contributed by atoms with van der Waals surface area (Å²) in [5, 5.41) is 11.8. The molecule has 2 nitrogen and oxygen atoms in total. The van der Waals surface area contributed by atoms with Crippen LogP contribution in [-0.2, 0) is 0 Å². The molecule has 0 bridgehead atoms. The Hall–Kier alpha value is -1.00. The number of hydrogen-bond donors (Lipinski definition) is 2. The van der Waals surface area contributed by atoms with E-state index in [1.54, 1.807) is 6.07 Å². The van der Waals surface area contributed by atoms with Crippen LogP contribution < -0.4 is 5.32 Å². The zero-order valence-corrected chi connectivity index (χ0v) is 9.50. The third kappa shape index (κ3) is 3.25. The highest BCUT2D eigenvalue weighted by Gasteiger charge is 2.16. The van der Waals surface area contributed by atoms with Gasteiger partial charge in [-0.2, -0.15) is 0 Å². The van der Waals surface area contributed by atoms with E-state index in [-0.39, 0.29) is 18.6 Å². The molecule has 0 spiro atoms. The van der Waals surface area contributed by atoms with Crippen molar-refractivity contribution in [1.29, 1.82) is 0 Å². The SMILES string of the molecule is CC(C)C(NCCO)c1ccc(F)c(F)c1. The van der Waals surface area contributed by atoms with Crippen molar-refractivity contribution in [3.63, 3.8) is 0 Å². The number of benzene rings is 1. The smallest absolute Gasteiger partial charge is 0.159 e. The van der Waals surface area contributed by atoms with Crippen molar-refractivity contribution in [2.45, 2.75) is 19.9 Å². The standard InChI is InChI=1S/C12H17F2NO/c1-8(2)12(15-5-6-16)9-3-4-10(13)11(14)7-9/h3-4,7-8,12,15-16H,5-6H2,1-2H3. The average Bonchev–Trinajstić information content (AvgIpc) is 2.23. The van der Waals surface area contributed by atoms with Crippen LogP contribution in [0.3, 0.4) is 0 Å². The lowest BCUT2D eigenvalue weighted by molar-refractivity contribution is 0.274. The summed E-state index contributed by atoms with van der Waals surface area (Å²) in [4.78, 5) is 0. The van der Waals surface area contributed by atoms with Gasteiger partial charge < -0.3 is 10.4 Å². The molecule has 1 aromatic rings. The summed E-state index contributed by atoms with van der Waals surface area (Å²) in [7, 11) is 0. The molecule has 0 fully saturated rings. The number of rotatable bonds is 5. The van der Waals surface area contributed by atoms with Crippen LogP contribution in [0.2, 0.25) is 0 Å². The number of aliphatic hydroxyl groups excluding tert-OH is 1. The molecule has 0 aliphatic rings. The molecule has 90 valence electrons. The third-order valence-electron chi connectivity index (χ3n) is 2.45. The van der Waals surface area contributed by atoms with Crippen LogP contribution in [0, 0.1) is 17.6 Å². The summed E-state index contributed by atoms with van der Waals surface area (Å²) in [6.45, 7) is 4.42. The minimum absolute atomic E-state index is 0.0207. The van der Waals surface area contributed by atoms with Crippen molar-refractivity contribution in [1.82, 2.24) is 5.32 Å². The summed E-state index contributed by atoms with van der Waals surface area (Å²) >= 11 is 0. The molecular formula is C12H17F2NO. The molecule has 0 saturated carbocycles. The van der Waals surface area contributed by atoms with Gasteiger partial charge in [0.15, 0.2) is 11.6 Å². The molecule has 0 saturated heterocycles. The Morgan fingerprint density at radius 3 is 2.44 bits per heavy atom. The second kappa shape index (κ2) is 5.92. The van der Waals surface area contributed by atoms with Crippen molar-refractivity contribution in [2.24, 2.45) is 5.92 Å².